The molecule has 0 aliphatic carbocycles. The van der Waals surface area contributed by atoms with Crippen molar-refractivity contribution in [3.63, 3.8) is 0 Å². The van der Waals surface area contributed by atoms with Crippen LogP contribution in [0.1, 0.15) is 12.5 Å². The number of aromatic amines is 2. The first-order chi connectivity index (χ1) is 22.7. The maximum Gasteiger partial charge on any atom is 0.478 e. The number of nitrogens with one attached hydrogen (secondary N) is 2. The minimum absolute atomic E-state index is 0.376. The lowest BCUT2D eigenvalue weighted by atomic mass is 10.1. The second-order valence-corrected chi connectivity index (χ2v) is 14.8. The lowest BCUT2D eigenvalue weighted by Crippen LogP contribution is -2.38. The molecular weight excluding hydrogens is 736 g/mol. The fraction of sp³-hybridized carbons (Fsp3) is 0.600. The van der Waals surface area contributed by atoms with E-state index in [1.165, 1.54) is 0 Å². The molecule has 4 heterocycles. The van der Waals surface area contributed by atoms with Gasteiger partial charge in [0.25, 0.3) is 18.6 Å². The Morgan fingerprint density at radius 1 is 0.714 bits per heavy atom. The van der Waals surface area contributed by atoms with E-state index in [0.717, 1.165) is 26.6 Å². The number of aromatic nitrogens is 4. The summed E-state index contributed by atoms with van der Waals surface area (Å²) >= 11 is 0. The summed E-state index contributed by atoms with van der Waals surface area (Å²) in [6.07, 6.45) is -12.5. The van der Waals surface area contributed by atoms with Crippen molar-refractivity contribution in [1.29, 1.82) is 0 Å². The van der Waals surface area contributed by atoms with Gasteiger partial charge in [-0.3, -0.25) is 42.3 Å². The van der Waals surface area contributed by atoms with Gasteiger partial charge in [-0.1, -0.05) is 0 Å². The Bertz CT molecular complexity index is 1780. The Morgan fingerprint density at radius 2 is 1.06 bits per heavy atom. The highest BCUT2D eigenvalue weighted by atomic mass is 31.3. The van der Waals surface area contributed by atoms with Gasteiger partial charge in [0, 0.05) is 0 Å². The third-order valence-corrected chi connectivity index (χ3v) is 11.2. The highest BCUT2D eigenvalue weighted by molar-refractivity contribution is 7.86. The van der Waals surface area contributed by atoms with Crippen LogP contribution in [-0.2, 0) is 40.8 Å². The Kier molecular flexibility index (Phi) is 11.8. The van der Waals surface area contributed by atoms with Gasteiger partial charge in [-0.25, -0.2) is 27.3 Å². The van der Waals surface area contributed by atoms with E-state index in [0.29, 0.717) is 9.13 Å². The predicted octanol–water partition coefficient (Wildman–Crippen LogP) is -4.11. The minimum Gasteiger partial charge on any atom is -0.490 e. The molecule has 5 unspecified atom stereocenters. The average molecular weight is 764 g/mol. The highest BCUT2D eigenvalue weighted by Gasteiger charge is 2.48. The lowest BCUT2D eigenvalue weighted by Gasteiger charge is -2.23. The second kappa shape index (κ2) is 14.8. The number of phosphoric acid groups is 2. The SMILES string of the molecule is [B]P(=O)(OP(=O)(O)OC[C@@H]1O[C@H](n2cc(OC)c(=O)[nH]c2=O)C(O)[C@@H]1O)OP(=O)(O)OC[C@H]1O[C@@H](n2cc(OC)c(=O)[nH]c2=O)[C@@H](O)C1O. The molecular formula is C20H28BN4O21P3. The second-order valence-electron chi connectivity index (χ2n) is 10.1. The van der Waals surface area contributed by atoms with E-state index in [9.17, 15) is 63.1 Å². The number of phosphoric ester groups is 2. The van der Waals surface area contributed by atoms with Crippen LogP contribution in [0.4, 0.5) is 0 Å². The highest BCUT2D eigenvalue weighted by Crippen LogP contribution is 2.67. The Hall–Kier alpha value is -2.77. The summed E-state index contributed by atoms with van der Waals surface area (Å²) in [6.45, 7) is -2.23. The van der Waals surface area contributed by atoms with Crippen molar-refractivity contribution in [2.24, 2.45) is 0 Å². The predicted molar refractivity (Wildman–Crippen MR) is 155 cm³/mol. The molecule has 8 N–H and O–H groups in total. The smallest absolute Gasteiger partial charge is 0.478 e. The Labute approximate surface area is 272 Å². The quantitative estimate of drug-likeness (QED) is 0.0669. The molecule has 2 radical (unpaired) electrons. The van der Waals surface area contributed by atoms with Crippen molar-refractivity contribution in [2.75, 3.05) is 27.4 Å². The fourth-order valence-corrected chi connectivity index (χ4v) is 8.22. The average Bonchev–Trinajstić information content (AvgIpc) is 3.43. The molecule has 0 bridgehead atoms. The van der Waals surface area contributed by atoms with Gasteiger partial charge in [-0.2, -0.15) is 0 Å². The largest absolute Gasteiger partial charge is 0.490 e. The molecule has 0 aromatic carbocycles. The van der Waals surface area contributed by atoms with Crippen molar-refractivity contribution >= 4 is 30.7 Å². The first-order valence-corrected chi connectivity index (χ1v) is 17.9. The number of aliphatic hydroxyl groups excluding tert-OH is 4. The molecule has 49 heavy (non-hydrogen) atoms. The molecule has 2 aromatic heterocycles. The van der Waals surface area contributed by atoms with Crippen molar-refractivity contribution in [1.82, 2.24) is 19.1 Å². The third kappa shape index (κ3) is 8.94. The van der Waals surface area contributed by atoms with Crippen LogP contribution >= 0.6 is 23.1 Å². The van der Waals surface area contributed by atoms with Crippen LogP contribution in [-0.4, -0.2) is 121 Å². The summed E-state index contributed by atoms with van der Waals surface area (Å²) in [5.74, 6) is -0.752. The van der Waals surface area contributed by atoms with Gasteiger partial charge in [0.05, 0.1) is 39.8 Å². The van der Waals surface area contributed by atoms with Gasteiger partial charge in [-0.05, 0) is 0 Å². The number of aliphatic hydroxyl groups is 4. The van der Waals surface area contributed by atoms with Gasteiger partial charge in [0.15, 0.2) is 12.5 Å². The van der Waals surface area contributed by atoms with Crippen LogP contribution in [0, 0.1) is 0 Å². The standard InChI is InChI=1S/C20H28BN4O21P3/c1-39-7-3-24(19(32)22-15(7)30)17-13(28)11(26)9(43-17)5-41-48(35,36)45-47(21,34)46-49(37,38)42-6-10-12(27)14(29)18(44-10)25-4-8(40-2)16(31)23-20(25)33/h3-4,9-14,17-18,26-29H,5-6H2,1-2H3,(H,35,36)(H,37,38)(H,22,30,32)(H,23,31,33)/t9-,10+,11+,12?,13?,14-,17-,18+,47?/m0/s1. The molecule has 25 nitrogen and oxygen atoms in total. The van der Waals surface area contributed by atoms with E-state index < -0.39 is 108 Å². The lowest BCUT2D eigenvalue weighted by molar-refractivity contribution is -0.0548. The van der Waals surface area contributed by atoms with Crippen LogP contribution in [0.15, 0.2) is 31.6 Å². The number of nitrogens with zero attached hydrogens (tertiary/aromatic N) is 2. The summed E-state index contributed by atoms with van der Waals surface area (Å²) in [7, 11) is -9.40. The molecule has 2 aromatic rings. The first kappa shape index (κ1) is 39.0. The van der Waals surface area contributed by atoms with Crippen LogP contribution in [0.25, 0.3) is 0 Å². The van der Waals surface area contributed by atoms with Crippen LogP contribution in [0.3, 0.4) is 0 Å². The van der Waals surface area contributed by atoms with Gasteiger partial charge >= 0.3 is 27.0 Å². The maximum atomic E-state index is 12.5. The molecule has 272 valence electrons. The summed E-state index contributed by atoms with van der Waals surface area (Å²) in [5, 5.41) is 41.3. The molecule has 2 aliphatic heterocycles. The number of methoxy groups -OCH3 is 2. The summed E-state index contributed by atoms with van der Waals surface area (Å²) in [5.41, 5.74) is -4.02. The van der Waals surface area contributed by atoms with E-state index in [1.807, 2.05) is 9.97 Å². The molecule has 4 rings (SSSR count). The maximum absolute atomic E-state index is 12.5. The fourth-order valence-electron chi connectivity index (χ4n) is 4.48. The van der Waals surface area contributed by atoms with Crippen molar-refractivity contribution in [3.05, 3.63) is 54.1 Å². The zero-order valence-corrected chi connectivity index (χ0v) is 27.5. The van der Waals surface area contributed by atoms with E-state index in [1.54, 1.807) is 0 Å². The zero-order valence-electron chi connectivity index (χ0n) is 24.8. The number of rotatable bonds is 14. The molecule has 2 saturated heterocycles. The number of hydrogen-bond acceptors (Lipinski definition) is 19. The molecule has 11 atom stereocenters. The zero-order chi connectivity index (χ0) is 36.6. The van der Waals surface area contributed by atoms with Crippen molar-refractivity contribution < 1.29 is 80.5 Å². The van der Waals surface area contributed by atoms with Crippen LogP contribution in [0.5, 0.6) is 11.5 Å². The topological polar surface area (TPSA) is 356 Å². The number of H-pyrrole nitrogens is 2. The summed E-state index contributed by atoms with van der Waals surface area (Å²) in [6, 6.07) is 0. The van der Waals surface area contributed by atoms with E-state index in [-0.39, 0.29) is 11.5 Å². The summed E-state index contributed by atoms with van der Waals surface area (Å²) < 4.78 is 76.2. The first-order valence-electron chi connectivity index (χ1n) is 13.3. The van der Waals surface area contributed by atoms with Crippen LogP contribution in [0.2, 0.25) is 0 Å². The number of ether oxygens (including phenoxy) is 4. The molecule has 2 fully saturated rings. The molecule has 0 spiro atoms. The number of hydrogen-bond donors (Lipinski definition) is 8. The molecule has 29 heteroatoms. The van der Waals surface area contributed by atoms with Crippen LogP contribution < -0.4 is 32.0 Å². The third-order valence-electron chi connectivity index (χ3n) is 6.77. The minimum atomic E-state index is -5.61. The van der Waals surface area contributed by atoms with Crippen molar-refractivity contribution in [3.8, 4) is 11.5 Å². The Morgan fingerprint density at radius 3 is 1.39 bits per heavy atom. The molecule has 0 saturated carbocycles. The van der Waals surface area contributed by atoms with Gasteiger partial charge in [-0.15, -0.1) is 0 Å². The van der Waals surface area contributed by atoms with Gasteiger partial charge < -0.3 is 49.2 Å². The van der Waals surface area contributed by atoms with E-state index in [4.69, 9.17) is 26.5 Å². The van der Waals surface area contributed by atoms with Gasteiger partial charge in [0.2, 0.25) is 19.1 Å². The molecule has 2 aliphatic rings. The van der Waals surface area contributed by atoms with Crippen molar-refractivity contribution in [2.45, 2.75) is 49.1 Å². The molecule has 0 amide bonds. The Balaban J connectivity index is 1.34. The van der Waals surface area contributed by atoms with E-state index >= 15 is 0 Å². The van der Waals surface area contributed by atoms with Gasteiger partial charge in [0.1, 0.15) is 36.6 Å². The monoisotopic (exact) mass is 764 g/mol. The van der Waals surface area contributed by atoms with E-state index in [2.05, 4.69) is 17.7 Å². The normalized spacial score (nSPS) is 30.7. The summed E-state index contributed by atoms with van der Waals surface area (Å²) in [4.78, 5) is 71.5.